The molecule has 0 radical (unpaired) electrons. The molecule has 4 aromatic rings. The number of hydrogen-bond donors (Lipinski definition) is 1. The van der Waals surface area contributed by atoms with Crippen LogP contribution < -0.4 is 15.5 Å². The van der Waals surface area contributed by atoms with E-state index in [9.17, 15) is 5.26 Å². The first-order valence-electron chi connectivity index (χ1n) is 15.3. The van der Waals surface area contributed by atoms with Crippen molar-refractivity contribution in [2.24, 2.45) is 11.1 Å². The van der Waals surface area contributed by atoms with E-state index >= 15 is 0 Å². The van der Waals surface area contributed by atoms with Gasteiger partial charge in [0.05, 0.1) is 29.2 Å². The number of pyridine rings is 1. The van der Waals surface area contributed by atoms with E-state index in [1.165, 1.54) is 5.56 Å². The van der Waals surface area contributed by atoms with Crippen molar-refractivity contribution in [2.75, 3.05) is 36.0 Å². The van der Waals surface area contributed by atoms with Gasteiger partial charge in [0, 0.05) is 38.5 Å². The second-order valence-electron chi connectivity index (χ2n) is 12.2. The summed E-state index contributed by atoms with van der Waals surface area (Å²) in [5.74, 6) is 1.69. The van der Waals surface area contributed by atoms with Gasteiger partial charge in [-0.2, -0.15) is 5.26 Å². The number of rotatable bonds is 3. The number of nitrogens with two attached hydrogens (primary N) is 1. The summed E-state index contributed by atoms with van der Waals surface area (Å²) in [6.07, 6.45) is 11.5. The molecule has 3 aliphatic heterocycles. The summed E-state index contributed by atoms with van der Waals surface area (Å²) in [6, 6.07) is 12.4. The molecule has 2 fully saturated rings. The van der Waals surface area contributed by atoms with Crippen LogP contribution in [0.25, 0.3) is 11.2 Å². The lowest BCUT2D eigenvalue weighted by Gasteiger charge is -2.42. The van der Waals surface area contributed by atoms with Crippen molar-refractivity contribution in [1.82, 2.24) is 24.7 Å². The summed E-state index contributed by atoms with van der Waals surface area (Å²) in [5, 5.41) is 14.8. The van der Waals surface area contributed by atoms with Crippen LogP contribution in [0.3, 0.4) is 0 Å². The Hall–Kier alpha value is -4.07. The van der Waals surface area contributed by atoms with Gasteiger partial charge < -0.3 is 20.3 Å². The fourth-order valence-corrected chi connectivity index (χ4v) is 7.65. The van der Waals surface area contributed by atoms with Gasteiger partial charge in [-0.1, -0.05) is 12.1 Å². The van der Waals surface area contributed by atoms with Crippen molar-refractivity contribution < 1.29 is 4.74 Å². The monoisotopic (exact) mass is 561 g/mol. The summed E-state index contributed by atoms with van der Waals surface area (Å²) in [4.78, 5) is 19.4. The summed E-state index contributed by atoms with van der Waals surface area (Å²) >= 11 is 0. The quantitative estimate of drug-likeness (QED) is 0.379. The van der Waals surface area contributed by atoms with Gasteiger partial charge in [0.1, 0.15) is 5.82 Å². The Bertz CT molecular complexity index is 1690. The van der Waals surface area contributed by atoms with Crippen molar-refractivity contribution in [3.8, 4) is 6.07 Å². The first-order chi connectivity index (χ1) is 20.6. The number of hydrogen-bond acceptors (Lipinski definition) is 9. The van der Waals surface area contributed by atoms with Crippen molar-refractivity contribution in [1.29, 1.82) is 5.26 Å². The number of fused-ring (bicyclic) bond motifs is 3. The number of nitrogens with zero attached hydrogens (tertiary/aromatic N) is 8. The van der Waals surface area contributed by atoms with Crippen LogP contribution in [0, 0.1) is 16.7 Å². The number of aryl methyl sites for hydroxylation is 1. The van der Waals surface area contributed by atoms with Gasteiger partial charge >= 0.3 is 0 Å². The zero-order valence-electron chi connectivity index (χ0n) is 23.7. The maximum Gasteiger partial charge on any atom is 0.183 e. The van der Waals surface area contributed by atoms with Gasteiger partial charge in [-0.05, 0) is 86.1 Å². The van der Waals surface area contributed by atoms with E-state index in [0.717, 1.165) is 123 Å². The molecule has 2 atom stereocenters. The Balaban J connectivity index is 1.12. The molecular weight excluding hydrogens is 526 g/mol. The van der Waals surface area contributed by atoms with E-state index in [4.69, 9.17) is 25.5 Å². The standard InChI is InChI=1S/C32H35N9O/c33-19-22-7-3-6-21-18-32(29(34)27(21)22)11-15-39(16-12-32)25-20-36-28-30(37-25)41(26-10-1-2-17-42-26)38-31(28)40-14-5-8-23-24(40)9-4-13-35-23/h3-4,6-7,9,13,20,26,29H,1-2,5,8,10-12,14-18,34H2/t26?,29-/m1/s1. The number of benzene rings is 1. The highest BCUT2D eigenvalue weighted by Gasteiger charge is 2.47. The van der Waals surface area contributed by atoms with Gasteiger partial charge in [0.2, 0.25) is 0 Å². The molecule has 0 bridgehead atoms. The van der Waals surface area contributed by atoms with Crippen molar-refractivity contribution >= 4 is 28.5 Å². The molecule has 10 nitrogen and oxygen atoms in total. The van der Waals surface area contributed by atoms with Crippen LogP contribution in [0.15, 0.2) is 42.7 Å². The Morgan fingerprint density at radius 2 is 1.95 bits per heavy atom. The van der Waals surface area contributed by atoms with Gasteiger partial charge in [-0.3, -0.25) is 4.98 Å². The summed E-state index contributed by atoms with van der Waals surface area (Å²) in [6.45, 7) is 3.28. The number of nitriles is 1. The maximum absolute atomic E-state index is 9.68. The van der Waals surface area contributed by atoms with Gasteiger partial charge in [-0.25, -0.2) is 14.6 Å². The normalized spacial score (nSPS) is 23.1. The lowest BCUT2D eigenvalue weighted by molar-refractivity contribution is -0.0368. The first-order valence-corrected chi connectivity index (χ1v) is 15.3. The fourth-order valence-electron chi connectivity index (χ4n) is 7.65. The van der Waals surface area contributed by atoms with E-state index in [1.54, 1.807) is 0 Å². The van der Waals surface area contributed by atoms with Crippen LogP contribution in [-0.2, 0) is 17.6 Å². The Kier molecular flexibility index (Phi) is 6.12. The van der Waals surface area contributed by atoms with E-state index in [-0.39, 0.29) is 17.7 Å². The largest absolute Gasteiger partial charge is 0.356 e. The zero-order chi connectivity index (χ0) is 28.3. The van der Waals surface area contributed by atoms with Crippen LogP contribution in [0.4, 0.5) is 17.3 Å². The molecule has 1 aliphatic carbocycles. The minimum Gasteiger partial charge on any atom is -0.356 e. The Morgan fingerprint density at radius 1 is 1.05 bits per heavy atom. The van der Waals surface area contributed by atoms with Crippen LogP contribution in [0.1, 0.15) is 73.2 Å². The van der Waals surface area contributed by atoms with Crippen molar-refractivity contribution in [3.63, 3.8) is 0 Å². The van der Waals surface area contributed by atoms with E-state index in [0.29, 0.717) is 0 Å². The Labute approximate surface area is 245 Å². The molecule has 214 valence electrons. The second-order valence-corrected chi connectivity index (χ2v) is 12.2. The Morgan fingerprint density at radius 3 is 2.79 bits per heavy atom. The number of anilines is 3. The molecule has 1 unspecified atom stereocenters. The van der Waals surface area contributed by atoms with E-state index in [1.807, 2.05) is 35.3 Å². The fraction of sp³-hybridized carbons (Fsp3) is 0.469. The van der Waals surface area contributed by atoms with E-state index in [2.05, 4.69) is 33.0 Å². The molecule has 4 aliphatic rings. The minimum atomic E-state index is -0.147. The molecule has 10 heteroatoms. The van der Waals surface area contributed by atoms with Crippen molar-refractivity contribution in [2.45, 2.75) is 63.6 Å². The molecule has 42 heavy (non-hydrogen) atoms. The highest BCUT2D eigenvalue weighted by molar-refractivity contribution is 5.88. The molecule has 2 saturated heterocycles. The lowest BCUT2D eigenvalue weighted by Crippen LogP contribution is -2.44. The molecule has 0 amide bonds. The minimum absolute atomic E-state index is 0.0239. The highest BCUT2D eigenvalue weighted by Crippen LogP contribution is 2.52. The topological polar surface area (TPSA) is 122 Å². The summed E-state index contributed by atoms with van der Waals surface area (Å²) < 4.78 is 8.18. The van der Waals surface area contributed by atoms with Gasteiger partial charge in [0.25, 0.3) is 0 Å². The third-order valence-corrected chi connectivity index (χ3v) is 9.92. The molecule has 1 aromatic carbocycles. The van der Waals surface area contributed by atoms with Gasteiger partial charge in [0.15, 0.2) is 23.2 Å². The lowest BCUT2D eigenvalue weighted by atomic mass is 9.73. The number of ether oxygens (including phenoxy) is 1. The zero-order valence-corrected chi connectivity index (χ0v) is 23.7. The average molecular weight is 562 g/mol. The molecule has 6 heterocycles. The number of aromatic nitrogens is 5. The van der Waals surface area contributed by atoms with Crippen LogP contribution in [0.2, 0.25) is 0 Å². The molecule has 2 N–H and O–H groups in total. The average Bonchev–Trinajstić information content (AvgIpc) is 3.56. The van der Waals surface area contributed by atoms with Crippen molar-refractivity contribution in [3.05, 3.63) is 65.1 Å². The highest BCUT2D eigenvalue weighted by atomic mass is 16.5. The third-order valence-electron chi connectivity index (χ3n) is 9.92. The first kappa shape index (κ1) is 25.6. The molecule has 3 aromatic heterocycles. The van der Waals surface area contributed by atoms with Crippen LogP contribution in [0.5, 0.6) is 0 Å². The second kappa shape index (κ2) is 10.0. The SMILES string of the molecule is N#Cc1cccc2c1[C@@H](N)C1(CCN(c3cnc4c(N5CCCc6ncccc65)nn(C5CCCCO5)c4n3)CC1)C2. The summed E-state index contributed by atoms with van der Waals surface area (Å²) in [5.41, 5.74) is 13.6. The number of piperidine rings is 1. The predicted octanol–water partition coefficient (Wildman–Crippen LogP) is 4.72. The molecule has 8 rings (SSSR count). The van der Waals surface area contributed by atoms with E-state index < -0.39 is 0 Å². The smallest absolute Gasteiger partial charge is 0.183 e. The molecule has 1 spiro atoms. The van der Waals surface area contributed by atoms with Crippen LogP contribution >= 0.6 is 0 Å². The summed E-state index contributed by atoms with van der Waals surface area (Å²) in [7, 11) is 0. The van der Waals surface area contributed by atoms with Gasteiger partial charge in [-0.15, -0.1) is 5.10 Å². The molecular formula is C32H35N9O. The third kappa shape index (κ3) is 3.98. The maximum atomic E-state index is 9.68. The predicted molar refractivity (Wildman–Crippen MR) is 159 cm³/mol. The molecule has 0 saturated carbocycles. The van der Waals surface area contributed by atoms with Crippen LogP contribution in [-0.4, -0.2) is 51.0 Å².